The van der Waals surface area contributed by atoms with Crippen molar-refractivity contribution in [1.29, 1.82) is 0 Å². The summed E-state index contributed by atoms with van der Waals surface area (Å²) >= 11 is 3.73. The second-order valence-corrected chi connectivity index (χ2v) is 8.38. The van der Waals surface area contributed by atoms with Gasteiger partial charge in [-0.25, -0.2) is 0 Å². The predicted octanol–water partition coefficient (Wildman–Crippen LogP) is 6.03. The summed E-state index contributed by atoms with van der Waals surface area (Å²) in [6, 6.07) is 4.57. The van der Waals surface area contributed by atoms with Gasteiger partial charge in [-0.1, -0.05) is 33.1 Å². The summed E-state index contributed by atoms with van der Waals surface area (Å²) in [6.07, 6.45) is 6.36. The van der Waals surface area contributed by atoms with Crippen molar-refractivity contribution in [3.05, 3.63) is 22.4 Å². The summed E-state index contributed by atoms with van der Waals surface area (Å²) in [6.45, 7) is 7.08. The van der Waals surface area contributed by atoms with Crippen molar-refractivity contribution in [2.75, 3.05) is 19.8 Å². The van der Waals surface area contributed by atoms with Gasteiger partial charge in [0.2, 0.25) is 0 Å². The number of hydrogen-bond acceptors (Lipinski definition) is 4. The number of rotatable bonds is 9. The third kappa shape index (κ3) is 3.25. The van der Waals surface area contributed by atoms with Crippen molar-refractivity contribution in [2.24, 2.45) is 5.41 Å². The molecule has 0 radical (unpaired) electrons. The van der Waals surface area contributed by atoms with Gasteiger partial charge in [-0.15, -0.1) is 22.7 Å². The Morgan fingerprint density at radius 2 is 2.09 bits per heavy atom. The maximum absolute atomic E-state index is 6.41. The van der Waals surface area contributed by atoms with Gasteiger partial charge in [-0.3, -0.25) is 0 Å². The van der Waals surface area contributed by atoms with E-state index in [1.165, 1.54) is 40.0 Å². The Balaban J connectivity index is 1.72. The zero-order valence-corrected chi connectivity index (χ0v) is 15.2. The van der Waals surface area contributed by atoms with E-state index in [0.717, 1.165) is 26.2 Å². The second-order valence-electron chi connectivity index (χ2n) is 6.32. The zero-order chi connectivity index (χ0) is 15.4. The molecule has 0 aromatic carbocycles. The molecule has 1 aliphatic rings. The normalized spacial score (nSPS) is 18.5. The fourth-order valence-electron chi connectivity index (χ4n) is 3.11. The quantitative estimate of drug-likeness (QED) is 0.520. The molecule has 4 heteroatoms. The van der Waals surface area contributed by atoms with Crippen LogP contribution in [-0.4, -0.2) is 19.8 Å². The molecule has 0 aliphatic carbocycles. The average Bonchev–Trinajstić information content (AvgIpc) is 3.05. The number of hydrogen-bond donors (Lipinski definition) is 0. The molecular formula is C18H26O2S2. The van der Waals surface area contributed by atoms with Crippen LogP contribution in [-0.2, 0) is 9.47 Å². The van der Waals surface area contributed by atoms with Crippen LogP contribution in [0.2, 0.25) is 0 Å². The zero-order valence-electron chi connectivity index (χ0n) is 13.6. The Labute approximate surface area is 141 Å². The lowest BCUT2D eigenvalue weighted by atomic mass is 9.77. The predicted molar refractivity (Wildman–Crippen MR) is 96.1 cm³/mol. The highest BCUT2D eigenvalue weighted by Gasteiger charge is 2.46. The van der Waals surface area contributed by atoms with Gasteiger partial charge in [0.1, 0.15) is 6.10 Å². The first kappa shape index (κ1) is 16.4. The smallest absolute Gasteiger partial charge is 0.102 e. The summed E-state index contributed by atoms with van der Waals surface area (Å²) in [5.41, 5.74) is 0.192. The summed E-state index contributed by atoms with van der Waals surface area (Å²) in [5, 5.41) is 2.17. The van der Waals surface area contributed by atoms with Crippen molar-refractivity contribution in [3.63, 3.8) is 0 Å². The first-order valence-electron chi connectivity index (χ1n) is 8.45. The van der Waals surface area contributed by atoms with Crippen LogP contribution in [0.25, 0.3) is 9.40 Å². The standard InChI is InChI=1S/C18H26O2S2/c1-3-5-6-7-9-20-17(18(4-2)12-19-13-18)16-11-15-14(22-16)8-10-21-15/h8,10-11,17H,3-7,9,12-13H2,1-2H3. The Kier molecular flexibility index (Phi) is 5.55. The molecule has 2 aromatic heterocycles. The van der Waals surface area contributed by atoms with Crippen LogP contribution in [0.4, 0.5) is 0 Å². The van der Waals surface area contributed by atoms with Gasteiger partial charge in [-0.05, 0) is 30.4 Å². The Morgan fingerprint density at radius 1 is 1.23 bits per heavy atom. The lowest BCUT2D eigenvalue weighted by molar-refractivity contribution is -0.191. The van der Waals surface area contributed by atoms with Crippen LogP contribution in [0.1, 0.15) is 56.9 Å². The summed E-state index contributed by atoms with van der Waals surface area (Å²) < 4.78 is 14.8. The van der Waals surface area contributed by atoms with E-state index in [0.29, 0.717) is 0 Å². The van der Waals surface area contributed by atoms with Crippen molar-refractivity contribution in [2.45, 2.75) is 52.1 Å². The van der Waals surface area contributed by atoms with Crippen molar-refractivity contribution in [1.82, 2.24) is 0 Å². The minimum absolute atomic E-state index is 0.192. The van der Waals surface area contributed by atoms with E-state index in [9.17, 15) is 0 Å². The number of fused-ring (bicyclic) bond motifs is 1. The highest BCUT2D eigenvalue weighted by atomic mass is 32.1. The lowest BCUT2D eigenvalue weighted by Gasteiger charge is -2.46. The molecule has 2 nitrogen and oxygen atoms in total. The fraction of sp³-hybridized carbons (Fsp3) is 0.667. The van der Waals surface area contributed by atoms with Crippen LogP contribution in [0.15, 0.2) is 17.5 Å². The number of unbranched alkanes of at least 4 members (excludes halogenated alkanes) is 3. The van der Waals surface area contributed by atoms with E-state index >= 15 is 0 Å². The topological polar surface area (TPSA) is 18.5 Å². The van der Waals surface area contributed by atoms with Gasteiger partial charge < -0.3 is 9.47 Å². The number of thiophene rings is 2. The molecule has 1 aliphatic heterocycles. The SMILES string of the molecule is CCCCCCOC(c1cc2sccc2s1)C1(CC)COC1. The third-order valence-corrected chi connectivity index (χ3v) is 6.88. The van der Waals surface area contributed by atoms with Crippen LogP contribution in [0.5, 0.6) is 0 Å². The molecule has 3 rings (SSSR count). The molecule has 1 unspecified atom stereocenters. The van der Waals surface area contributed by atoms with E-state index in [2.05, 4.69) is 31.4 Å². The molecule has 0 bridgehead atoms. The van der Waals surface area contributed by atoms with E-state index in [-0.39, 0.29) is 11.5 Å². The minimum Gasteiger partial charge on any atom is -0.380 e. The van der Waals surface area contributed by atoms with Gasteiger partial charge in [0.05, 0.1) is 13.2 Å². The second kappa shape index (κ2) is 7.43. The van der Waals surface area contributed by atoms with Crippen molar-refractivity contribution < 1.29 is 9.47 Å². The molecule has 1 atom stereocenters. The van der Waals surface area contributed by atoms with Crippen LogP contribution < -0.4 is 0 Å². The minimum atomic E-state index is 0.192. The van der Waals surface area contributed by atoms with E-state index in [1.54, 1.807) is 0 Å². The van der Waals surface area contributed by atoms with Gasteiger partial charge in [0.15, 0.2) is 0 Å². The van der Waals surface area contributed by atoms with Crippen LogP contribution >= 0.6 is 22.7 Å². The van der Waals surface area contributed by atoms with E-state index in [1.807, 2.05) is 22.7 Å². The average molecular weight is 339 g/mol. The molecule has 22 heavy (non-hydrogen) atoms. The van der Waals surface area contributed by atoms with Crippen LogP contribution in [0, 0.1) is 5.41 Å². The summed E-state index contributed by atoms with van der Waals surface area (Å²) in [7, 11) is 0. The molecule has 2 aromatic rings. The first-order valence-corrected chi connectivity index (χ1v) is 10.1. The Morgan fingerprint density at radius 3 is 2.73 bits per heavy atom. The maximum atomic E-state index is 6.41. The summed E-state index contributed by atoms with van der Waals surface area (Å²) in [5.74, 6) is 0. The van der Waals surface area contributed by atoms with E-state index in [4.69, 9.17) is 9.47 Å². The van der Waals surface area contributed by atoms with Gasteiger partial charge in [-0.2, -0.15) is 0 Å². The van der Waals surface area contributed by atoms with E-state index < -0.39 is 0 Å². The largest absolute Gasteiger partial charge is 0.380 e. The molecule has 0 spiro atoms. The van der Waals surface area contributed by atoms with Crippen molar-refractivity contribution >= 4 is 32.1 Å². The van der Waals surface area contributed by atoms with Gasteiger partial charge >= 0.3 is 0 Å². The first-order chi connectivity index (χ1) is 10.8. The van der Waals surface area contributed by atoms with Gasteiger partial charge in [0.25, 0.3) is 0 Å². The molecule has 1 saturated heterocycles. The molecule has 0 N–H and O–H groups in total. The summed E-state index contributed by atoms with van der Waals surface area (Å²) in [4.78, 5) is 1.39. The molecular weight excluding hydrogens is 312 g/mol. The Hall–Kier alpha value is -0.420. The molecule has 1 fully saturated rings. The highest BCUT2D eigenvalue weighted by molar-refractivity contribution is 7.26. The number of ether oxygens (including phenoxy) is 2. The molecule has 0 saturated carbocycles. The molecule has 122 valence electrons. The molecule has 3 heterocycles. The third-order valence-electron chi connectivity index (χ3n) is 4.74. The highest BCUT2D eigenvalue weighted by Crippen LogP contribution is 2.49. The fourth-order valence-corrected chi connectivity index (χ4v) is 5.42. The lowest BCUT2D eigenvalue weighted by Crippen LogP contribution is -2.47. The Bertz CT molecular complexity index is 549. The maximum Gasteiger partial charge on any atom is 0.102 e. The molecule has 0 amide bonds. The van der Waals surface area contributed by atoms with Crippen molar-refractivity contribution in [3.8, 4) is 0 Å². The monoisotopic (exact) mass is 338 g/mol. The van der Waals surface area contributed by atoms with Crippen LogP contribution in [0.3, 0.4) is 0 Å². The van der Waals surface area contributed by atoms with Gasteiger partial charge in [0, 0.05) is 26.3 Å².